The molecule has 3 aliphatic rings. The van der Waals surface area contributed by atoms with E-state index in [9.17, 15) is 10.2 Å². The van der Waals surface area contributed by atoms with E-state index in [0.29, 0.717) is 24.2 Å². The van der Waals surface area contributed by atoms with E-state index in [-0.39, 0.29) is 0 Å². The van der Waals surface area contributed by atoms with E-state index in [4.69, 9.17) is 0 Å². The van der Waals surface area contributed by atoms with Crippen molar-refractivity contribution >= 4 is 0 Å². The number of hydrogen-bond acceptors (Lipinski definition) is 2. The molecule has 0 aliphatic heterocycles. The first-order chi connectivity index (χ1) is 14.7. The average Bonchev–Trinajstić information content (AvgIpc) is 3.07. The summed E-state index contributed by atoms with van der Waals surface area (Å²) >= 11 is 0. The van der Waals surface area contributed by atoms with Crippen LogP contribution in [0.5, 0.6) is 0 Å². The lowest BCUT2D eigenvalue weighted by Gasteiger charge is -2.44. The Bertz CT molecular complexity index is 687. The van der Waals surface area contributed by atoms with Gasteiger partial charge in [-0.2, -0.15) is 0 Å². The summed E-state index contributed by atoms with van der Waals surface area (Å²) in [5, 5.41) is 20.2. The number of fused-ring (bicyclic) bond motifs is 1. The van der Waals surface area contributed by atoms with Gasteiger partial charge in [-0.25, -0.2) is 0 Å². The minimum atomic E-state index is -0.598. The summed E-state index contributed by atoms with van der Waals surface area (Å²) in [4.78, 5) is 0. The van der Waals surface area contributed by atoms with Crippen LogP contribution in [0.4, 0.5) is 0 Å². The lowest BCUT2D eigenvalue weighted by atomic mass is 9.60. The van der Waals surface area contributed by atoms with Crippen molar-refractivity contribution in [2.75, 3.05) is 0 Å². The van der Waals surface area contributed by atoms with Gasteiger partial charge in [-0.3, -0.25) is 0 Å². The highest BCUT2D eigenvalue weighted by atomic mass is 16.3. The van der Waals surface area contributed by atoms with Gasteiger partial charge in [0.2, 0.25) is 0 Å². The zero-order valence-electron chi connectivity index (χ0n) is 20.9. The van der Waals surface area contributed by atoms with Gasteiger partial charge in [0, 0.05) is 6.42 Å². The minimum absolute atomic E-state index is 0.419. The highest BCUT2D eigenvalue weighted by Gasteiger charge is 2.50. The second kappa shape index (κ2) is 10.4. The van der Waals surface area contributed by atoms with Crippen molar-refractivity contribution < 1.29 is 10.2 Å². The molecule has 0 aromatic carbocycles. The summed E-state index contributed by atoms with van der Waals surface area (Å²) in [6.45, 7) is 16.3. The molecular weight excluding hydrogens is 380 g/mol. The molecule has 3 saturated carbocycles. The predicted molar refractivity (Wildman–Crippen MR) is 132 cm³/mol. The number of aliphatic hydroxyl groups excluding tert-OH is 2. The highest BCUT2D eigenvalue weighted by molar-refractivity contribution is 5.38. The number of hydrogen-bond donors (Lipinski definition) is 2. The maximum atomic E-state index is 10.2. The third kappa shape index (κ3) is 5.38. The zero-order chi connectivity index (χ0) is 22.8. The standard InChI is InChI=1S/C29H48O2/c1-7-22(19(2)3)11-10-20(4)26-14-15-27-23(9-8-16-29(26,27)6)12-13-24-17-25(30)18-28(31)21(24)5/h12-13,19-20,22,25-28,30-31H,5,7-11,14-18H2,1-4,6H3/b23-12+,24-13-/t20-,22+,25-,26-,27+,28+,29-/m1/s1. The van der Waals surface area contributed by atoms with Crippen LogP contribution in [0.1, 0.15) is 98.8 Å². The molecule has 31 heavy (non-hydrogen) atoms. The molecule has 0 aromatic heterocycles. The molecule has 7 atom stereocenters. The van der Waals surface area contributed by atoms with Crippen LogP contribution in [0.15, 0.2) is 35.5 Å². The van der Waals surface area contributed by atoms with Crippen LogP contribution >= 0.6 is 0 Å². The molecular formula is C29H48O2. The van der Waals surface area contributed by atoms with E-state index in [2.05, 4.69) is 53.3 Å². The Morgan fingerprint density at radius 3 is 2.55 bits per heavy atom. The monoisotopic (exact) mass is 428 g/mol. The Balaban J connectivity index is 1.71. The topological polar surface area (TPSA) is 40.5 Å². The third-order valence-corrected chi connectivity index (χ3v) is 9.45. The van der Waals surface area contributed by atoms with Crippen LogP contribution in [0.2, 0.25) is 0 Å². The molecule has 176 valence electrons. The molecule has 0 radical (unpaired) electrons. The number of rotatable bonds is 7. The molecule has 0 amide bonds. The molecule has 2 N–H and O–H groups in total. The van der Waals surface area contributed by atoms with Crippen molar-refractivity contribution in [2.45, 2.75) is 111 Å². The maximum Gasteiger partial charge on any atom is 0.0811 e. The van der Waals surface area contributed by atoms with Crippen LogP contribution < -0.4 is 0 Å². The molecule has 3 rings (SSSR count). The number of allylic oxidation sites excluding steroid dienone is 3. The molecule has 3 fully saturated rings. The van der Waals surface area contributed by atoms with Crippen LogP contribution in [-0.4, -0.2) is 22.4 Å². The molecule has 0 saturated heterocycles. The molecule has 2 heteroatoms. The van der Waals surface area contributed by atoms with Gasteiger partial charge in [-0.05, 0) is 91.1 Å². The lowest BCUT2D eigenvalue weighted by molar-refractivity contribution is 0.0860. The van der Waals surface area contributed by atoms with Crippen LogP contribution in [0.3, 0.4) is 0 Å². The first kappa shape index (κ1) is 24.8. The Kier molecular flexibility index (Phi) is 8.30. The van der Waals surface area contributed by atoms with Crippen LogP contribution in [0.25, 0.3) is 0 Å². The Labute approximate surface area is 191 Å². The smallest absolute Gasteiger partial charge is 0.0811 e. The normalized spacial score (nSPS) is 38.6. The lowest BCUT2D eigenvalue weighted by Crippen LogP contribution is -2.36. The van der Waals surface area contributed by atoms with E-state index >= 15 is 0 Å². The van der Waals surface area contributed by atoms with Gasteiger partial charge in [0.1, 0.15) is 0 Å². The van der Waals surface area contributed by atoms with E-state index in [1.54, 1.807) is 5.57 Å². The maximum absolute atomic E-state index is 10.2. The second-order valence-corrected chi connectivity index (χ2v) is 11.6. The van der Waals surface area contributed by atoms with Crippen LogP contribution in [0, 0.1) is 35.0 Å². The summed E-state index contributed by atoms with van der Waals surface area (Å²) in [6, 6.07) is 0. The summed E-state index contributed by atoms with van der Waals surface area (Å²) in [7, 11) is 0. The van der Waals surface area contributed by atoms with Gasteiger partial charge < -0.3 is 10.2 Å². The molecule has 0 unspecified atom stereocenters. The van der Waals surface area contributed by atoms with Crippen molar-refractivity contribution in [3.63, 3.8) is 0 Å². The quantitative estimate of drug-likeness (QED) is 0.449. The van der Waals surface area contributed by atoms with Gasteiger partial charge in [-0.15, -0.1) is 0 Å². The fourth-order valence-electron chi connectivity index (χ4n) is 7.37. The summed E-state index contributed by atoms with van der Waals surface area (Å²) in [5.41, 5.74) is 3.87. The minimum Gasteiger partial charge on any atom is -0.393 e. The van der Waals surface area contributed by atoms with E-state index in [0.717, 1.165) is 34.8 Å². The Hall–Kier alpha value is -0.860. The molecule has 0 spiro atoms. The predicted octanol–water partition coefficient (Wildman–Crippen LogP) is 7.23. The van der Waals surface area contributed by atoms with Crippen molar-refractivity contribution in [2.24, 2.45) is 35.0 Å². The van der Waals surface area contributed by atoms with E-state index in [1.807, 2.05) is 0 Å². The summed E-state index contributed by atoms with van der Waals surface area (Å²) in [6.07, 6.45) is 15.1. The van der Waals surface area contributed by atoms with Gasteiger partial charge in [-0.1, -0.05) is 71.8 Å². The van der Waals surface area contributed by atoms with E-state index < -0.39 is 12.2 Å². The zero-order valence-corrected chi connectivity index (χ0v) is 20.9. The Morgan fingerprint density at radius 1 is 1.13 bits per heavy atom. The second-order valence-electron chi connectivity index (χ2n) is 11.6. The average molecular weight is 429 g/mol. The fourth-order valence-corrected chi connectivity index (χ4v) is 7.37. The van der Waals surface area contributed by atoms with Crippen molar-refractivity contribution in [3.8, 4) is 0 Å². The molecule has 2 nitrogen and oxygen atoms in total. The first-order valence-corrected chi connectivity index (χ1v) is 13.1. The molecule has 0 bridgehead atoms. The van der Waals surface area contributed by atoms with Gasteiger partial charge in [0.05, 0.1) is 12.2 Å². The van der Waals surface area contributed by atoms with Gasteiger partial charge in [0.25, 0.3) is 0 Å². The SMILES string of the molecule is C=C1/C(=C\C=C2/CCC[C@]3(C)[C@@H]([C@H](C)CC[C@H](CC)C(C)C)CC[C@@H]23)C[C@@H](O)C[C@@H]1O. The van der Waals surface area contributed by atoms with Crippen molar-refractivity contribution in [1.82, 2.24) is 0 Å². The van der Waals surface area contributed by atoms with Crippen LogP contribution in [-0.2, 0) is 0 Å². The molecule has 0 aromatic rings. The van der Waals surface area contributed by atoms with Gasteiger partial charge in [0.15, 0.2) is 0 Å². The summed E-state index contributed by atoms with van der Waals surface area (Å²) < 4.78 is 0. The largest absolute Gasteiger partial charge is 0.393 e. The van der Waals surface area contributed by atoms with E-state index in [1.165, 1.54) is 51.4 Å². The van der Waals surface area contributed by atoms with Crippen molar-refractivity contribution in [1.29, 1.82) is 0 Å². The first-order valence-electron chi connectivity index (χ1n) is 13.1. The van der Waals surface area contributed by atoms with Crippen molar-refractivity contribution in [3.05, 3.63) is 35.5 Å². The van der Waals surface area contributed by atoms with Gasteiger partial charge >= 0.3 is 0 Å². The number of aliphatic hydroxyl groups is 2. The molecule has 0 heterocycles. The summed E-state index contributed by atoms with van der Waals surface area (Å²) in [5.74, 6) is 4.02. The fraction of sp³-hybridized carbons (Fsp3) is 0.793. The third-order valence-electron chi connectivity index (χ3n) is 9.45. The molecule has 3 aliphatic carbocycles. The Morgan fingerprint density at radius 2 is 1.87 bits per heavy atom. The highest BCUT2D eigenvalue weighted by Crippen LogP contribution is 2.60.